The first-order valence-corrected chi connectivity index (χ1v) is 11.6. The van der Waals surface area contributed by atoms with Crippen molar-refractivity contribution in [3.8, 4) is 0 Å². The van der Waals surface area contributed by atoms with Gasteiger partial charge >= 0.3 is 0 Å². The highest BCUT2D eigenvalue weighted by Gasteiger charge is 2.26. The molecule has 1 amide bonds. The van der Waals surface area contributed by atoms with E-state index in [-0.39, 0.29) is 0 Å². The van der Waals surface area contributed by atoms with E-state index in [0.29, 0.717) is 30.1 Å². The third-order valence-corrected chi connectivity index (χ3v) is 6.62. The Morgan fingerprint density at radius 1 is 1.06 bits per heavy atom. The highest BCUT2D eigenvalue weighted by Crippen LogP contribution is 2.28. The molecule has 31 heavy (non-hydrogen) atoms. The number of rotatable bonds is 6. The van der Waals surface area contributed by atoms with Crippen LogP contribution in [0.1, 0.15) is 62.8 Å². The average molecular weight is 423 g/mol. The van der Waals surface area contributed by atoms with Crippen molar-refractivity contribution in [2.24, 2.45) is 0 Å². The van der Waals surface area contributed by atoms with E-state index >= 15 is 0 Å². The molecular formula is C24H34N6O. The second-order valence-electron chi connectivity index (χ2n) is 8.90. The minimum Gasteiger partial charge on any atom is -0.343 e. The molecule has 0 radical (unpaired) electrons. The molecule has 0 aromatic carbocycles. The van der Waals surface area contributed by atoms with E-state index in [0.717, 1.165) is 56.2 Å². The third-order valence-electron chi connectivity index (χ3n) is 6.62. The van der Waals surface area contributed by atoms with E-state index in [2.05, 4.69) is 27.1 Å². The normalized spacial score (nSPS) is 20.6. The van der Waals surface area contributed by atoms with Crippen LogP contribution in [0.2, 0.25) is 0 Å². The van der Waals surface area contributed by atoms with E-state index in [1.165, 1.54) is 19.3 Å². The quantitative estimate of drug-likeness (QED) is 0.761. The number of carbonyl (C=O) groups excluding carboxylic acids is 1. The lowest BCUT2D eigenvalue weighted by molar-refractivity contribution is -0.132. The summed E-state index contributed by atoms with van der Waals surface area (Å²) < 4.78 is 0. The van der Waals surface area contributed by atoms with Crippen molar-refractivity contribution < 1.29 is 4.79 Å². The maximum absolute atomic E-state index is 12.7. The Kier molecular flexibility index (Phi) is 7.12. The van der Waals surface area contributed by atoms with Gasteiger partial charge in [-0.1, -0.05) is 12.5 Å². The standard InChI is InChI=1S/C24H34N6O/c1-18-6-5-8-22(26-18)28-23-17-25-16-21(27-23)20-9-13-30(14-10-20)24(31)11-15-29-12-4-3-7-19(29)2/h5-6,8,16-17,19-20H,3-4,7,9-15H2,1-2H3,(H,26,27,28)/t19-/m1/s1. The second kappa shape index (κ2) is 10.2. The molecule has 4 rings (SSSR count). The molecule has 0 unspecified atom stereocenters. The van der Waals surface area contributed by atoms with Crippen LogP contribution < -0.4 is 5.32 Å². The van der Waals surface area contributed by atoms with Crippen LogP contribution in [0.25, 0.3) is 0 Å². The summed E-state index contributed by atoms with van der Waals surface area (Å²) in [4.78, 5) is 30.9. The van der Waals surface area contributed by atoms with Gasteiger partial charge in [-0.05, 0) is 58.2 Å². The molecular weight excluding hydrogens is 388 g/mol. The smallest absolute Gasteiger partial charge is 0.223 e. The summed E-state index contributed by atoms with van der Waals surface area (Å²) in [6.07, 6.45) is 9.94. The first-order valence-electron chi connectivity index (χ1n) is 11.6. The van der Waals surface area contributed by atoms with Crippen molar-refractivity contribution in [1.29, 1.82) is 0 Å². The molecule has 4 heterocycles. The minimum absolute atomic E-state index is 0.295. The lowest BCUT2D eigenvalue weighted by Crippen LogP contribution is -2.42. The number of nitrogens with zero attached hydrogens (tertiary/aromatic N) is 5. The van der Waals surface area contributed by atoms with Crippen molar-refractivity contribution >= 4 is 17.5 Å². The van der Waals surface area contributed by atoms with Gasteiger partial charge in [-0.25, -0.2) is 9.97 Å². The molecule has 1 atom stereocenters. The zero-order valence-electron chi connectivity index (χ0n) is 18.8. The molecule has 0 aliphatic carbocycles. The van der Waals surface area contributed by atoms with Crippen LogP contribution in [0.15, 0.2) is 30.6 Å². The topological polar surface area (TPSA) is 74.2 Å². The van der Waals surface area contributed by atoms with E-state index in [4.69, 9.17) is 4.98 Å². The van der Waals surface area contributed by atoms with Gasteiger partial charge < -0.3 is 15.1 Å². The summed E-state index contributed by atoms with van der Waals surface area (Å²) in [6.45, 7) is 7.89. The first kappa shape index (κ1) is 21.7. The summed E-state index contributed by atoms with van der Waals surface area (Å²) >= 11 is 0. The van der Waals surface area contributed by atoms with Crippen LogP contribution in [0.5, 0.6) is 0 Å². The van der Waals surface area contributed by atoms with E-state index in [1.54, 1.807) is 6.20 Å². The van der Waals surface area contributed by atoms with Crippen molar-refractivity contribution in [3.05, 3.63) is 42.0 Å². The Morgan fingerprint density at radius 3 is 2.68 bits per heavy atom. The SMILES string of the molecule is Cc1cccc(Nc2cncc(C3CCN(C(=O)CCN4CCCC[C@H]4C)CC3)n2)n1. The van der Waals surface area contributed by atoms with Gasteiger partial charge in [-0.3, -0.25) is 9.78 Å². The molecule has 7 heteroatoms. The summed E-state index contributed by atoms with van der Waals surface area (Å²) in [5.74, 6) is 2.12. The molecule has 1 N–H and O–H groups in total. The zero-order valence-corrected chi connectivity index (χ0v) is 18.8. The molecule has 0 spiro atoms. The first-order chi connectivity index (χ1) is 15.1. The molecule has 2 fully saturated rings. The van der Waals surface area contributed by atoms with Crippen molar-refractivity contribution in [2.45, 2.75) is 64.3 Å². The van der Waals surface area contributed by atoms with Gasteiger partial charge in [-0.2, -0.15) is 0 Å². The van der Waals surface area contributed by atoms with Crippen LogP contribution >= 0.6 is 0 Å². The molecule has 166 valence electrons. The van der Waals surface area contributed by atoms with Crippen molar-refractivity contribution in [1.82, 2.24) is 24.8 Å². The highest BCUT2D eigenvalue weighted by molar-refractivity contribution is 5.76. The third kappa shape index (κ3) is 5.79. The predicted octanol–water partition coefficient (Wildman–Crippen LogP) is 3.89. The van der Waals surface area contributed by atoms with Gasteiger partial charge in [-0.15, -0.1) is 0 Å². The number of pyridine rings is 1. The van der Waals surface area contributed by atoms with Crippen molar-refractivity contribution in [3.63, 3.8) is 0 Å². The molecule has 2 aromatic heterocycles. The fourth-order valence-corrected chi connectivity index (χ4v) is 4.69. The average Bonchev–Trinajstić information content (AvgIpc) is 2.79. The molecule has 0 saturated carbocycles. The van der Waals surface area contributed by atoms with Gasteiger partial charge in [0.15, 0.2) is 0 Å². The lowest BCUT2D eigenvalue weighted by Gasteiger charge is -2.35. The summed E-state index contributed by atoms with van der Waals surface area (Å²) in [6, 6.07) is 6.48. The highest BCUT2D eigenvalue weighted by atomic mass is 16.2. The van der Waals surface area contributed by atoms with Crippen LogP contribution in [0.4, 0.5) is 11.6 Å². The molecule has 2 aliphatic rings. The molecule has 2 aliphatic heterocycles. The fraction of sp³-hybridized carbons (Fsp3) is 0.583. The number of hydrogen-bond donors (Lipinski definition) is 1. The van der Waals surface area contributed by atoms with Gasteiger partial charge in [0.05, 0.1) is 11.9 Å². The minimum atomic E-state index is 0.295. The number of anilines is 2. The largest absolute Gasteiger partial charge is 0.343 e. The number of likely N-dealkylation sites (tertiary alicyclic amines) is 2. The predicted molar refractivity (Wildman–Crippen MR) is 122 cm³/mol. The zero-order chi connectivity index (χ0) is 21.6. The van der Waals surface area contributed by atoms with Crippen LogP contribution in [0.3, 0.4) is 0 Å². The van der Waals surface area contributed by atoms with Crippen LogP contribution in [0, 0.1) is 6.92 Å². The number of amides is 1. The van der Waals surface area contributed by atoms with Crippen LogP contribution in [-0.2, 0) is 4.79 Å². The van der Waals surface area contributed by atoms with Gasteiger partial charge in [0.25, 0.3) is 0 Å². The second-order valence-corrected chi connectivity index (χ2v) is 8.90. The van der Waals surface area contributed by atoms with Crippen LogP contribution in [-0.4, -0.2) is 62.9 Å². The lowest BCUT2D eigenvalue weighted by atomic mass is 9.93. The van der Waals surface area contributed by atoms with E-state index in [9.17, 15) is 4.79 Å². The van der Waals surface area contributed by atoms with E-state index in [1.807, 2.05) is 36.2 Å². The van der Waals surface area contributed by atoms with E-state index < -0.39 is 0 Å². The van der Waals surface area contributed by atoms with Gasteiger partial charge in [0.2, 0.25) is 5.91 Å². The maximum atomic E-state index is 12.7. The number of hydrogen-bond acceptors (Lipinski definition) is 6. The Morgan fingerprint density at radius 2 is 1.90 bits per heavy atom. The fourth-order valence-electron chi connectivity index (χ4n) is 4.69. The summed E-state index contributed by atoms with van der Waals surface area (Å²) in [5, 5.41) is 3.25. The summed E-state index contributed by atoms with van der Waals surface area (Å²) in [5.41, 5.74) is 1.95. The number of aromatic nitrogens is 3. The molecule has 2 saturated heterocycles. The maximum Gasteiger partial charge on any atom is 0.223 e. The van der Waals surface area contributed by atoms with Crippen molar-refractivity contribution in [2.75, 3.05) is 31.5 Å². The molecule has 7 nitrogen and oxygen atoms in total. The Hall–Kier alpha value is -2.54. The van der Waals surface area contributed by atoms with Gasteiger partial charge in [0, 0.05) is 49.9 Å². The summed E-state index contributed by atoms with van der Waals surface area (Å²) in [7, 11) is 0. The Labute approximate surface area is 185 Å². The number of carbonyl (C=O) groups is 1. The molecule has 0 bridgehead atoms. The Bertz CT molecular complexity index is 880. The monoisotopic (exact) mass is 422 g/mol. The number of aryl methyl sites for hydroxylation is 1. The number of nitrogens with one attached hydrogen (secondary N) is 1. The Balaban J connectivity index is 1.28. The number of piperidine rings is 2. The van der Waals surface area contributed by atoms with Gasteiger partial charge in [0.1, 0.15) is 11.6 Å². The molecule has 2 aromatic rings.